The lowest BCUT2D eigenvalue weighted by molar-refractivity contribution is -0.119. The second-order valence-electron chi connectivity index (χ2n) is 4.50. The Hall–Kier alpha value is -0.780. The van der Waals surface area contributed by atoms with Crippen molar-refractivity contribution in [1.82, 2.24) is 5.32 Å². The molecule has 0 bridgehead atoms. The molecule has 1 aromatic heterocycles. The molecule has 1 amide bonds. The number of aryl methyl sites for hydroxylation is 1. The van der Waals surface area contributed by atoms with Crippen molar-refractivity contribution < 1.29 is 4.79 Å². The fourth-order valence-corrected chi connectivity index (χ4v) is 3.84. The van der Waals surface area contributed by atoms with Crippen LogP contribution in [0, 0.1) is 6.92 Å². The highest BCUT2D eigenvalue weighted by atomic mass is 79.9. The van der Waals surface area contributed by atoms with E-state index in [1.54, 1.807) is 23.1 Å². The van der Waals surface area contributed by atoms with E-state index >= 15 is 0 Å². The van der Waals surface area contributed by atoms with Crippen molar-refractivity contribution in [2.24, 2.45) is 0 Å². The van der Waals surface area contributed by atoms with Gasteiger partial charge in [0.15, 0.2) is 0 Å². The molecule has 0 aliphatic heterocycles. The zero-order valence-corrected chi connectivity index (χ0v) is 14.6. The molecule has 1 heterocycles. The molecule has 0 unspecified atom stereocenters. The summed E-state index contributed by atoms with van der Waals surface area (Å²) in [5, 5.41) is 5.05. The second-order valence-corrected chi connectivity index (χ2v) is 7.42. The minimum Gasteiger partial charge on any atom is -0.348 e. The van der Waals surface area contributed by atoms with Crippen LogP contribution in [0.3, 0.4) is 0 Å². The van der Waals surface area contributed by atoms with Gasteiger partial charge in [-0.1, -0.05) is 22.0 Å². The SMILES string of the molecule is Cc1cc(Br)ccc1SCC(=O)N[C@H](C)c1cccs1. The summed E-state index contributed by atoms with van der Waals surface area (Å²) < 4.78 is 1.06. The number of benzene rings is 1. The zero-order valence-electron chi connectivity index (χ0n) is 11.4. The summed E-state index contributed by atoms with van der Waals surface area (Å²) >= 11 is 6.68. The van der Waals surface area contributed by atoms with Crippen molar-refractivity contribution in [3.05, 3.63) is 50.6 Å². The number of carbonyl (C=O) groups excluding carboxylic acids is 1. The minimum atomic E-state index is 0.0678. The minimum absolute atomic E-state index is 0.0678. The van der Waals surface area contributed by atoms with Gasteiger partial charge in [-0.25, -0.2) is 0 Å². The molecule has 5 heteroatoms. The maximum absolute atomic E-state index is 12.0. The molecule has 2 rings (SSSR count). The number of hydrogen-bond acceptors (Lipinski definition) is 3. The normalized spacial score (nSPS) is 12.2. The van der Waals surface area contributed by atoms with Gasteiger partial charge < -0.3 is 5.32 Å². The lowest BCUT2D eigenvalue weighted by Gasteiger charge is -2.12. The summed E-state index contributed by atoms with van der Waals surface area (Å²) in [7, 11) is 0. The highest BCUT2D eigenvalue weighted by Crippen LogP contribution is 2.25. The lowest BCUT2D eigenvalue weighted by Crippen LogP contribution is -2.27. The summed E-state index contributed by atoms with van der Waals surface area (Å²) in [5.74, 6) is 0.510. The third-order valence-electron chi connectivity index (χ3n) is 2.84. The Morgan fingerprint density at radius 2 is 2.25 bits per heavy atom. The molecule has 0 saturated carbocycles. The predicted molar refractivity (Wildman–Crippen MR) is 90.5 cm³/mol. The molecule has 2 nitrogen and oxygen atoms in total. The first-order valence-electron chi connectivity index (χ1n) is 6.28. The third-order valence-corrected chi connectivity index (χ3v) is 5.57. The van der Waals surface area contributed by atoms with E-state index in [4.69, 9.17) is 0 Å². The molecular weight excluding hydrogens is 354 g/mol. The fourth-order valence-electron chi connectivity index (χ4n) is 1.81. The Labute approximate surface area is 136 Å². The van der Waals surface area contributed by atoms with Gasteiger partial charge in [-0.05, 0) is 49.1 Å². The van der Waals surface area contributed by atoms with Crippen LogP contribution in [0.1, 0.15) is 23.4 Å². The van der Waals surface area contributed by atoms with E-state index in [9.17, 15) is 4.79 Å². The van der Waals surface area contributed by atoms with Gasteiger partial charge in [-0.15, -0.1) is 23.1 Å². The Bertz CT molecular complexity index is 584. The lowest BCUT2D eigenvalue weighted by atomic mass is 10.2. The summed E-state index contributed by atoms with van der Waals surface area (Å²) in [6, 6.07) is 10.2. The van der Waals surface area contributed by atoms with E-state index in [0.29, 0.717) is 5.75 Å². The van der Waals surface area contributed by atoms with Crippen molar-refractivity contribution >= 4 is 44.9 Å². The largest absolute Gasteiger partial charge is 0.348 e. The number of hydrogen-bond donors (Lipinski definition) is 1. The molecule has 1 atom stereocenters. The predicted octanol–water partition coefficient (Wildman–Crippen LogP) is 4.79. The number of nitrogens with one attached hydrogen (secondary N) is 1. The number of halogens is 1. The molecule has 0 fully saturated rings. The van der Waals surface area contributed by atoms with E-state index in [1.807, 2.05) is 36.6 Å². The average Bonchev–Trinajstić information content (AvgIpc) is 2.91. The highest BCUT2D eigenvalue weighted by molar-refractivity contribution is 9.10. The van der Waals surface area contributed by atoms with Crippen LogP contribution in [0.4, 0.5) is 0 Å². The van der Waals surface area contributed by atoms with Gasteiger partial charge in [0, 0.05) is 14.2 Å². The van der Waals surface area contributed by atoms with E-state index in [2.05, 4.69) is 34.2 Å². The van der Waals surface area contributed by atoms with Gasteiger partial charge >= 0.3 is 0 Å². The fraction of sp³-hybridized carbons (Fsp3) is 0.267. The van der Waals surface area contributed by atoms with E-state index < -0.39 is 0 Å². The van der Waals surface area contributed by atoms with Crippen molar-refractivity contribution in [3.63, 3.8) is 0 Å². The molecule has 1 N–H and O–H groups in total. The van der Waals surface area contributed by atoms with Crippen LogP contribution in [0.5, 0.6) is 0 Å². The summed E-state index contributed by atoms with van der Waals surface area (Å²) in [6.45, 7) is 4.07. The molecule has 0 aliphatic rings. The number of carbonyl (C=O) groups is 1. The first-order chi connectivity index (χ1) is 9.56. The van der Waals surface area contributed by atoms with Gasteiger partial charge in [0.25, 0.3) is 0 Å². The first-order valence-corrected chi connectivity index (χ1v) is 8.94. The van der Waals surface area contributed by atoms with Crippen LogP contribution < -0.4 is 5.32 Å². The first kappa shape index (κ1) is 15.6. The molecule has 0 spiro atoms. The second kappa shape index (κ2) is 7.29. The van der Waals surface area contributed by atoms with Crippen molar-refractivity contribution in [2.75, 3.05) is 5.75 Å². The van der Waals surface area contributed by atoms with Crippen LogP contribution in [-0.4, -0.2) is 11.7 Å². The molecule has 1 aromatic carbocycles. The van der Waals surface area contributed by atoms with Gasteiger partial charge in [0.05, 0.1) is 11.8 Å². The molecule has 20 heavy (non-hydrogen) atoms. The molecule has 0 aliphatic carbocycles. The van der Waals surface area contributed by atoms with Gasteiger partial charge in [-0.2, -0.15) is 0 Å². The van der Waals surface area contributed by atoms with Crippen LogP contribution >= 0.6 is 39.0 Å². The van der Waals surface area contributed by atoms with Crippen molar-refractivity contribution in [2.45, 2.75) is 24.8 Å². The number of amides is 1. The third kappa shape index (κ3) is 4.36. The molecule has 106 valence electrons. The number of rotatable bonds is 5. The summed E-state index contributed by atoms with van der Waals surface area (Å²) in [6.07, 6.45) is 0. The number of thioether (sulfide) groups is 1. The van der Waals surface area contributed by atoms with Crippen LogP contribution in [0.2, 0.25) is 0 Å². The summed E-state index contributed by atoms with van der Waals surface area (Å²) in [5.41, 5.74) is 1.18. The summed E-state index contributed by atoms with van der Waals surface area (Å²) in [4.78, 5) is 14.3. The monoisotopic (exact) mass is 369 g/mol. The maximum atomic E-state index is 12.0. The number of thiophene rings is 1. The van der Waals surface area contributed by atoms with Gasteiger partial charge in [0.2, 0.25) is 5.91 Å². The van der Waals surface area contributed by atoms with E-state index in [-0.39, 0.29) is 11.9 Å². The van der Waals surface area contributed by atoms with Gasteiger partial charge in [-0.3, -0.25) is 4.79 Å². The van der Waals surface area contributed by atoms with Crippen LogP contribution in [0.15, 0.2) is 45.1 Å². The van der Waals surface area contributed by atoms with Crippen molar-refractivity contribution in [3.8, 4) is 0 Å². The molecular formula is C15H16BrNOS2. The Morgan fingerprint density at radius 1 is 1.45 bits per heavy atom. The van der Waals surface area contributed by atoms with Gasteiger partial charge in [0.1, 0.15) is 0 Å². The highest BCUT2D eigenvalue weighted by Gasteiger charge is 2.11. The Kier molecular flexibility index (Phi) is 5.69. The van der Waals surface area contributed by atoms with E-state index in [0.717, 1.165) is 9.37 Å². The maximum Gasteiger partial charge on any atom is 0.230 e. The molecule has 0 saturated heterocycles. The zero-order chi connectivity index (χ0) is 14.5. The van der Waals surface area contributed by atoms with Crippen LogP contribution in [-0.2, 0) is 4.79 Å². The Balaban J connectivity index is 1.86. The standard InChI is InChI=1S/C15H16BrNOS2/c1-10-8-12(16)5-6-13(10)20-9-15(18)17-11(2)14-4-3-7-19-14/h3-8,11H,9H2,1-2H3,(H,17,18)/t11-/m1/s1. The molecule has 2 aromatic rings. The smallest absolute Gasteiger partial charge is 0.230 e. The quantitative estimate of drug-likeness (QED) is 0.767. The van der Waals surface area contributed by atoms with Crippen LogP contribution in [0.25, 0.3) is 0 Å². The molecule has 0 radical (unpaired) electrons. The average molecular weight is 370 g/mol. The topological polar surface area (TPSA) is 29.1 Å². The Morgan fingerprint density at radius 3 is 2.90 bits per heavy atom. The van der Waals surface area contributed by atoms with Crippen molar-refractivity contribution in [1.29, 1.82) is 0 Å². The van der Waals surface area contributed by atoms with E-state index in [1.165, 1.54) is 10.4 Å².